The monoisotopic (exact) mass is 352 g/mol. The van der Waals surface area contributed by atoms with E-state index in [0.717, 1.165) is 0 Å². The second-order valence-corrected chi connectivity index (χ2v) is 5.85. The van der Waals surface area contributed by atoms with Gasteiger partial charge in [0.05, 0.1) is 29.4 Å². The zero-order valence-electron chi connectivity index (χ0n) is 14.4. The summed E-state index contributed by atoms with van der Waals surface area (Å²) in [6.45, 7) is 3.03. The Morgan fingerprint density at radius 2 is 1.69 bits per heavy atom. The van der Waals surface area contributed by atoms with Crippen LogP contribution in [0.1, 0.15) is 54.7 Å². The Morgan fingerprint density at radius 3 is 2.31 bits per heavy atom. The number of allylic oxidation sites excluding steroid dienone is 2. The van der Waals surface area contributed by atoms with Gasteiger partial charge in [0.2, 0.25) is 5.78 Å². The van der Waals surface area contributed by atoms with E-state index < -0.39 is 28.8 Å². The molecule has 0 heterocycles. The summed E-state index contributed by atoms with van der Waals surface area (Å²) in [5.41, 5.74) is -0.791. The van der Waals surface area contributed by atoms with Crippen molar-refractivity contribution in [2.24, 2.45) is 0 Å². The number of carbonyl (C=O) groups excluding carboxylic acids is 3. The molecule has 0 aromatic heterocycles. The standard InChI is InChI=1S/C20H16O6/c1-4-6-11(21)13-9(2)17(22)15-16(19(13)24)20(25)14-10(18(15)23)7-5-8-12(14)26-3/h4-8,22,24H,1-3H3/b6-4+. The van der Waals surface area contributed by atoms with Crippen molar-refractivity contribution >= 4 is 17.3 Å². The maximum absolute atomic E-state index is 13.0. The minimum Gasteiger partial charge on any atom is -0.507 e. The van der Waals surface area contributed by atoms with Gasteiger partial charge in [-0.1, -0.05) is 18.2 Å². The van der Waals surface area contributed by atoms with Gasteiger partial charge in [-0.15, -0.1) is 0 Å². The van der Waals surface area contributed by atoms with Crippen LogP contribution in [0, 0.1) is 6.92 Å². The van der Waals surface area contributed by atoms with Crippen LogP contribution in [0.2, 0.25) is 0 Å². The molecule has 2 aromatic carbocycles. The third kappa shape index (κ3) is 2.23. The van der Waals surface area contributed by atoms with E-state index in [-0.39, 0.29) is 39.1 Å². The van der Waals surface area contributed by atoms with Crippen molar-refractivity contribution in [2.75, 3.05) is 7.11 Å². The summed E-state index contributed by atoms with van der Waals surface area (Å²) in [6.07, 6.45) is 2.68. The highest BCUT2D eigenvalue weighted by Gasteiger charge is 2.39. The summed E-state index contributed by atoms with van der Waals surface area (Å²) < 4.78 is 5.16. The third-order valence-electron chi connectivity index (χ3n) is 4.43. The summed E-state index contributed by atoms with van der Waals surface area (Å²) in [5.74, 6) is -2.81. The molecule has 0 atom stereocenters. The molecule has 0 saturated heterocycles. The molecule has 0 amide bonds. The highest BCUT2D eigenvalue weighted by Crippen LogP contribution is 2.44. The van der Waals surface area contributed by atoms with Crippen molar-refractivity contribution in [1.29, 1.82) is 0 Å². The smallest absolute Gasteiger partial charge is 0.202 e. The largest absolute Gasteiger partial charge is 0.507 e. The number of methoxy groups -OCH3 is 1. The van der Waals surface area contributed by atoms with E-state index in [1.807, 2.05) is 0 Å². The second-order valence-electron chi connectivity index (χ2n) is 5.85. The van der Waals surface area contributed by atoms with Gasteiger partial charge in [0.25, 0.3) is 0 Å². The number of hydrogen-bond acceptors (Lipinski definition) is 6. The molecule has 0 fully saturated rings. The predicted octanol–water partition coefficient (Wildman–Crippen LogP) is 2.95. The highest BCUT2D eigenvalue weighted by atomic mass is 16.5. The fourth-order valence-electron chi connectivity index (χ4n) is 3.21. The van der Waals surface area contributed by atoms with Crippen LogP contribution in [-0.2, 0) is 0 Å². The topological polar surface area (TPSA) is 101 Å². The fourth-order valence-corrected chi connectivity index (χ4v) is 3.21. The van der Waals surface area contributed by atoms with Crippen molar-refractivity contribution in [2.45, 2.75) is 13.8 Å². The lowest BCUT2D eigenvalue weighted by Crippen LogP contribution is -2.23. The number of ether oxygens (including phenoxy) is 1. The summed E-state index contributed by atoms with van der Waals surface area (Å²) in [6, 6.07) is 4.53. The molecule has 2 N–H and O–H groups in total. The lowest BCUT2D eigenvalue weighted by Gasteiger charge is -2.23. The average molecular weight is 352 g/mol. The van der Waals surface area contributed by atoms with Gasteiger partial charge < -0.3 is 14.9 Å². The first-order chi connectivity index (χ1) is 12.3. The SMILES string of the molecule is C/C=C/C(=O)c1c(C)c(O)c2c(c1O)C(=O)c1c(OC)cccc1C2=O. The van der Waals surface area contributed by atoms with E-state index in [2.05, 4.69) is 0 Å². The minimum absolute atomic E-state index is 0.00418. The summed E-state index contributed by atoms with van der Waals surface area (Å²) in [5, 5.41) is 21.1. The number of rotatable bonds is 3. The summed E-state index contributed by atoms with van der Waals surface area (Å²) >= 11 is 0. The molecule has 0 aliphatic heterocycles. The maximum Gasteiger partial charge on any atom is 0.202 e. The van der Waals surface area contributed by atoms with Crippen molar-refractivity contribution in [1.82, 2.24) is 0 Å². The number of phenols is 2. The molecular weight excluding hydrogens is 336 g/mol. The molecule has 26 heavy (non-hydrogen) atoms. The molecule has 6 heteroatoms. The maximum atomic E-state index is 13.0. The van der Waals surface area contributed by atoms with Crippen LogP contribution >= 0.6 is 0 Å². The van der Waals surface area contributed by atoms with Crippen LogP contribution < -0.4 is 4.74 Å². The van der Waals surface area contributed by atoms with Gasteiger partial charge >= 0.3 is 0 Å². The molecule has 1 aliphatic rings. The zero-order valence-corrected chi connectivity index (χ0v) is 14.4. The van der Waals surface area contributed by atoms with Crippen molar-refractivity contribution in [3.8, 4) is 17.2 Å². The Labute approximate surface area is 149 Å². The minimum atomic E-state index is -0.686. The second kappa shape index (κ2) is 6.15. The molecule has 0 bridgehead atoms. The lowest BCUT2D eigenvalue weighted by atomic mass is 9.80. The first-order valence-electron chi connectivity index (χ1n) is 7.87. The Morgan fingerprint density at radius 1 is 1.04 bits per heavy atom. The van der Waals surface area contributed by atoms with Crippen molar-refractivity contribution < 1.29 is 29.3 Å². The molecule has 0 spiro atoms. The Hall–Kier alpha value is -3.41. The molecule has 2 aromatic rings. The molecule has 132 valence electrons. The van der Waals surface area contributed by atoms with Gasteiger partial charge in [-0.3, -0.25) is 14.4 Å². The van der Waals surface area contributed by atoms with Crippen LogP contribution in [0.4, 0.5) is 0 Å². The number of hydrogen-bond donors (Lipinski definition) is 2. The van der Waals surface area contributed by atoms with Crippen molar-refractivity contribution in [3.05, 3.63) is 63.7 Å². The number of aromatic hydroxyl groups is 2. The van der Waals surface area contributed by atoms with E-state index in [4.69, 9.17) is 4.74 Å². The van der Waals surface area contributed by atoms with Crippen LogP contribution in [0.15, 0.2) is 30.4 Å². The van der Waals surface area contributed by atoms with Gasteiger partial charge in [0.15, 0.2) is 11.6 Å². The fraction of sp³-hybridized carbons (Fsp3) is 0.150. The van der Waals surface area contributed by atoms with Crippen LogP contribution in [-0.4, -0.2) is 34.7 Å². The number of ketones is 3. The quantitative estimate of drug-likeness (QED) is 0.427. The highest BCUT2D eigenvalue weighted by molar-refractivity contribution is 6.32. The number of phenolic OH excluding ortho intramolecular Hbond substituents is 2. The van der Waals surface area contributed by atoms with E-state index in [0.29, 0.717) is 0 Å². The Kier molecular flexibility index (Phi) is 4.12. The molecule has 1 aliphatic carbocycles. The number of fused-ring (bicyclic) bond motifs is 2. The number of carbonyl (C=O) groups is 3. The van der Waals surface area contributed by atoms with Gasteiger partial charge in [0, 0.05) is 11.1 Å². The molecule has 0 unspecified atom stereocenters. The van der Waals surface area contributed by atoms with Gasteiger partial charge in [-0.05, 0) is 26.0 Å². The Bertz CT molecular complexity index is 1010. The number of benzene rings is 2. The lowest BCUT2D eigenvalue weighted by molar-refractivity contribution is 0.0969. The van der Waals surface area contributed by atoms with Crippen molar-refractivity contribution in [3.63, 3.8) is 0 Å². The van der Waals surface area contributed by atoms with E-state index in [9.17, 15) is 24.6 Å². The molecular formula is C20H16O6. The normalized spacial score (nSPS) is 12.9. The van der Waals surface area contributed by atoms with Gasteiger partial charge in [-0.2, -0.15) is 0 Å². The first kappa shape index (κ1) is 17.4. The van der Waals surface area contributed by atoms with E-state index in [1.165, 1.54) is 38.3 Å². The average Bonchev–Trinajstić information content (AvgIpc) is 2.62. The predicted molar refractivity (Wildman–Crippen MR) is 93.5 cm³/mol. The van der Waals surface area contributed by atoms with E-state index in [1.54, 1.807) is 13.0 Å². The molecule has 0 saturated carbocycles. The molecule has 6 nitrogen and oxygen atoms in total. The Balaban J connectivity index is 2.41. The summed E-state index contributed by atoms with van der Waals surface area (Å²) in [7, 11) is 1.36. The van der Waals surface area contributed by atoms with Crippen LogP contribution in [0.3, 0.4) is 0 Å². The van der Waals surface area contributed by atoms with Gasteiger partial charge in [0.1, 0.15) is 17.2 Å². The van der Waals surface area contributed by atoms with Crippen LogP contribution in [0.25, 0.3) is 0 Å². The first-order valence-corrected chi connectivity index (χ1v) is 7.87. The molecule has 3 rings (SSSR count). The molecule has 0 radical (unpaired) electrons. The summed E-state index contributed by atoms with van der Waals surface area (Å²) in [4.78, 5) is 38.2. The van der Waals surface area contributed by atoms with Gasteiger partial charge in [-0.25, -0.2) is 0 Å². The van der Waals surface area contributed by atoms with E-state index >= 15 is 0 Å². The zero-order chi connectivity index (χ0) is 19.2. The third-order valence-corrected chi connectivity index (χ3v) is 4.43. The van der Waals surface area contributed by atoms with Crippen LogP contribution in [0.5, 0.6) is 17.2 Å².